The number of hydrogen-bond donors (Lipinski definition) is 1. The van der Waals surface area contributed by atoms with Crippen LogP contribution in [-0.4, -0.2) is 21.1 Å². The molecule has 1 aromatic carbocycles. The van der Waals surface area contributed by atoms with Crippen LogP contribution in [-0.2, 0) is 6.54 Å². The SMILES string of the molecule is CSC(C)CCn1c(=S)[nH]c2c(Cl)cccc21. The van der Waals surface area contributed by atoms with Crippen LogP contribution in [0.15, 0.2) is 18.2 Å². The van der Waals surface area contributed by atoms with E-state index in [9.17, 15) is 0 Å². The number of hydrogen-bond acceptors (Lipinski definition) is 2. The van der Waals surface area contributed by atoms with E-state index in [4.69, 9.17) is 23.8 Å². The van der Waals surface area contributed by atoms with Crippen molar-refractivity contribution in [3.63, 3.8) is 0 Å². The first kappa shape index (κ1) is 13.0. The van der Waals surface area contributed by atoms with Crippen LogP contribution in [0.2, 0.25) is 5.02 Å². The maximum absolute atomic E-state index is 6.14. The normalized spacial score (nSPS) is 13.1. The van der Waals surface area contributed by atoms with Crippen molar-refractivity contribution in [1.82, 2.24) is 9.55 Å². The van der Waals surface area contributed by atoms with Gasteiger partial charge in [-0.25, -0.2) is 0 Å². The van der Waals surface area contributed by atoms with E-state index in [1.54, 1.807) is 0 Å². The van der Waals surface area contributed by atoms with E-state index in [-0.39, 0.29) is 0 Å². The van der Waals surface area contributed by atoms with Crippen LogP contribution >= 0.6 is 35.6 Å². The lowest BCUT2D eigenvalue weighted by Crippen LogP contribution is -2.04. The summed E-state index contributed by atoms with van der Waals surface area (Å²) >= 11 is 13.4. The van der Waals surface area contributed by atoms with Gasteiger partial charge in [-0.1, -0.05) is 24.6 Å². The van der Waals surface area contributed by atoms with E-state index in [0.29, 0.717) is 5.25 Å². The fraction of sp³-hybridized carbons (Fsp3) is 0.417. The summed E-state index contributed by atoms with van der Waals surface area (Å²) in [7, 11) is 0. The molecule has 0 amide bonds. The van der Waals surface area contributed by atoms with Crippen molar-refractivity contribution in [1.29, 1.82) is 0 Å². The monoisotopic (exact) mass is 286 g/mol. The summed E-state index contributed by atoms with van der Waals surface area (Å²) in [5.41, 5.74) is 2.03. The third-order valence-corrected chi connectivity index (χ3v) is 4.60. The summed E-state index contributed by atoms with van der Waals surface area (Å²) < 4.78 is 2.88. The van der Waals surface area contributed by atoms with Gasteiger partial charge in [0.05, 0.1) is 16.1 Å². The molecular weight excluding hydrogens is 272 g/mol. The molecule has 2 rings (SSSR count). The molecule has 0 bridgehead atoms. The molecule has 0 aliphatic carbocycles. The molecule has 2 aromatic rings. The van der Waals surface area contributed by atoms with Gasteiger partial charge in [0.1, 0.15) is 0 Å². The molecule has 0 saturated heterocycles. The molecule has 17 heavy (non-hydrogen) atoms. The molecule has 1 atom stereocenters. The molecule has 1 N–H and O–H groups in total. The Morgan fingerprint density at radius 2 is 2.29 bits per heavy atom. The number of thioether (sulfide) groups is 1. The highest BCUT2D eigenvalue weighted by molar-refractivity contribution is 7.99. The van der Waals surface area contributed by atoms with Crippen LogP contribution in [0.25, 0.3) is 11.0 Å². The smallest absolute Gasteiger partial charge is 0.178 e. The van der Waals surface area contributed by atoms with E-state index >= 15 is 0 Å². The van der Waals surface area contributed by atoms with Gasteiger partial charge in [-0.2, -0.15) is 11.8 Å². The summed E-state index contributed by atoms with van der Waals surface area (Å²) in [6.07, 6.45) is 3.24. The van der Waals surface area contributed by atoms with E-state index in [2.05, 4.69) is 28.8 Å². The number of aromatic nitrogens is 2. The number of fused-ring (bicyclic) bond motifs is 1. The molecular formula is C12H15ClN2S2. The number of para-hydroxylation sites is 1. The number of nitrogens with zero attached hydrogens (tertiary/aromatic N) is 1. The van der Waals surface area contributed by atoms with Gasteiger partial charge in [-0.3, -0.25) is 0 Å². The number of aryl methyl sites for hydroxylation is 1. The lowest BCUT2D eigenvalue weighted by atomic mass is 10.3. The number of imidazole rings is 1. The van der Waals surface area contributed by atoms with Gasteiger partial charge in [0, 0.05) is 11.8 Å². The summed E-state index contributed by atoms with van der Waals surface area (Å²) in [4.78, 5) is 3.18. The van der Waals surface area contributed by atoms with Crippen LogP contribution in [0.5, 0.6) is 0 Å². The predicted molar refractivity (Wildman–Crippen MR) is 79.7 cm³/mol. The Kier molecular flexibility index (Phi) is 4.17. The second kappa shape index (κ2) is 5.46. The fourth-order valence-corrected chi connectivity index (χ4v) is 2.65. The van der Waals surface area contributed by atoms with E-state index in [0.717, 1.165) is 33.8 Å². The standard InChI is InChI=1S/C12H15ClN2S2/c1-8(17-2)6-7-15-10-5-3-4-9(13)11(10)14-12(15)16/h3-5,8H,6-7H2,1-2H3,(H,14,16). The molecule has 1 heterocycles. The molecule has 5 heteroatoms. The van der Waals surface area contributed by atoms with Crippen LogP contribution in [0.3, 0.4) is 0 Å². The number of aromatic amines is 1. The van der Waals surface area contributed by atoms with Crippen molar-refractivity contribution in [2.75, 3.05) is 6.26 Å². The van der Waals surface area contributed by atoms with E-state index < -0.39 is 0 Å². The van der Waals surface area contributed by atoms with Gasteiger partial charge in [-0.05, 0) is 37.0 Å². The quantitative estimate of drug-likeness (QED) is 0.836. The lowest BCUT2D eigenvalue weighted by molar-refractivity contribution is 0.648. The summed E-state index contributed by atoms with van der Waals surface area (Å²) in [6, 6.07) is 5.89. The third kappa shape index (κ3) is 2.69. The topological polar surface area (TPSA) is 20.7 Å². The fourth-order valence-electron chi connectivity index (χ4n) is 1.80. The zero-order chi connectivity index (χ0) is 12.4. The minimum Gasteiger partial charge on any atom is -0.329 e. The minimum absolute atomic E-state index is 0.640. The summed E-state index contributed by atoms with van der Waals surface area (Å²) in [5, 5.41) is 1.37. The van der Waals surface area contributed by atoms with Gasteiger partial charge in [0.15, 0.2) is 4.77 Å². The van der Waals surface area contributed by atoms with Crippen LogP contribution in [0.4, 0.5) is 0 Å². The average molecular weight is 287 g/mol. The molecule has 0 spiro atoms. The van der Waals surface area contributed by atoms with Crippen LogP contribution in [0.1, 0.15) is 13.3 Å². The number of halogens is 1. The molecule has 92 valence electrons. The highest BCUT2D eigenvalue weighted by Gasteiger charge is 2.08. The molecule has 0 radical (unpaired) electrons. The van der Waals surface area contributed by atoms with Gasteiger partial charge >= 0.3 is 0 Å². The van der Waals surface area contributed by atoms with Crippen molar-refractivity contribution in [2.45, 2.75) is 25.1 Å². The Morgan fingerprint density at radius 3 is 3.00 bits per heavy atom. The molecule has 1 unspecified atom stereocenters. The first-order valence-electron chi connectivity index (χ1n) is 5.53. The van der Waals surface area contributed by atoms with Crippen molar-refractivity contribution >= 4 is 46.6 Å². The molecule has 0 aliphatic heterocycles. The van der Waals surface area contributed by atoms with Gasteiger partial charge in [-0.15, -0.1) is 0 Å². The van der Waals surface area contributed by atoms with Gasteiger partial charge < -0.3 is 9.55 Å². The number of H-pyrrole nitrogens is 1. The predicted octanol–water partition coefficient (Wildman–Crippen LogP) is 4.49. The van der Waals surface area contributed by atoms with E-state index in [1.165, 1.54) is 0 Å². The van der Waals surface area contributed by atoms with Gasteiger partial charge in [0.25, 0.3) is 0 Å². The Hall–Kier alpha value is -0.450. The van der Waals surface area contributed by atoms with Crippen molar-refractivity contribution in [3.05, 3.63) is 28.0 Å². The third-order valence-electron chi connectivity index (χ3n) is 2.92. The van der Waals surface area contributed by atoms with Crippen molar-refractivity contribution in [3.8, 4) is 0 Å². The summed E-state index contributed by atoms with van der Waals surface area (Å²) in [6.45, 7) is 3.16. The van der Waals surface area contributed by atoms with Gasteiger partial charge in [0.2, 0.25) is 0 Å². The van der Waals surface area contributed by atoms with E-state index in [1.807, 2.05) is 23.9 Å². The highest BCUT2D eigenvalue weighted by Crippen LogP contribution is 2.23. The minimum atomic E-state index is 0.640. The second-order valence-electron chi connectivity index (χ2n) is 4.05. The second-order valence-corrected chi connectivity index (χ2v) is 6.12. The number of benzene rings is 1. The Bertz CT molecular complexity index is 573. The zero-order valence-electron chi connectivity index (χ0n) is 9.87. The molecule has 1 aromatic heterocycles. The highest BCUT2D eigenvalue weighted by atomic mass is 35.5. The molecule has 0 saturated carbocycles. The lowest BCUT2D eigenvalue weighted by Gasteiger charge is -2.09. The Balaban J connectivity index is 2.37. The largest absolute Gasteiger partial charge is 0.329 e. The molecule has 0 aliphatic rings. The van der Waals surface area contributed by atoms with Crippen molar-refractivity contribution in [2.24, 2.45) is 0 Å². The van der Waals surface area contributed by atoms with Crippen LogP contribution in [0, 0.1) is 4.77 Å². The maximum Gasteiger partial charge on any atom is 0.178 e. The van der Waals surface area contributed by atoms with Crippen molar-refractivity contribution < 1.29 is 0 Å². The molecule has 0 fully saturated rings. The van der Waals surface area contributed by atoms with Crippen LogP contribution < -0.4 is 0 Å². The maximum atomic E-state index is 6.14. The Morgan fingerprint density at radius 1 is 1.53 bits per heavy atom. The number of rotatable bonds is 4. The zero-order valence-corrected chi connectivity index (χ0v) is 12.3. The number of nitrogens with one attached hydrogen (secondary N) is 1. The average Bonchev–Trinajstić information content (AvgIpc) is 2.64. The summed E-state index contributed by atoms with van der Waals surface area (Å²) in [5.74, 6) is 0. The Labute approximate surface area is 115 Å². The molecule has 2 nitrogen and oxygen atoms in total. The first-order chi connectivity index (χ1) is 8.13. The first-order valence-corrected chi connectivity index (χ1v) is 7.60.